The average molecular weight is 349 g/mol. The predicted octanol–water partition coefficient (Wildman–Crippen LogP) is 4.88. The summed E-state index contributed by atoms with van der Waals surface area (Å²) in [6.07, 6.45) is 10.5. The normalized spacial score (nSPS) is 49.6. The van der Waals surface area contributed by atoms with Gasteiger partial charge in [-0.3, -0.25) is 4.79 Å². The maximum absolute atomic E-state index is 11.6. The number of ether oxygens (including phenoxy) is 1. The lowest BCUT2D eigenvalue weighted by Crippen LogP contribution is -2.62. The number of aliphatic hydroxyl groups is 1. The fourth-order valence-corrected chi connectivity index (χ4v) is 6.98. The molecule has 3 nitrogen and oxygen atoms in total. The highest BCUT2D eigenvalue weighted by atomic mass is 16.5. The minimum atomic E-state index is -0.563. The van der Waals surface area contributed by atoms with Gasteiger partial charge in [0.05, 0.1) is 12.2 Å². The zero-order valence-corrected chi connectivity index (χ0v) is 16.6. The first-order chi connectivity index (χ1) is 11.6. The van der Waals surface area contributed by atoms with Crippen molar-refractivity contribution in [2.24, 2.45) is 28.1 Å². The molecule has 3 aliphatic rings. The maximum atomic E-state index is 11.6. The van der Waals surface area contributed by atoms with Gasteiger partial charge in [-0.15, -0.1) is 6.58 Å². The Bertz CT molecular complexity index is 557. The predicted molar refractivity (Wildman–Crippen MR) is 100 cm³/mol. The number of rotatable bonds is 3. The van der Waals surface area contributed by atoms with Gasteiger partial charge in [0.2, 0.25) is 0 Å². The van der Waals surface area contributed by atoms with E-state index < -0.39 is 5.60 Å². The van der Waals surface area contributed by atoms with Crippen LogP contribution in [0.15, 0.2) is 12.7 Å². The molecular formula is C22H36O3. The molecule has 0 aliphatic heterocycles. The summed E-state index contributed by atoms with van der Waals surface area (Å²) in [6.45, 7) is 13.0. The Balaban J connectivity index is 1.88. The van der Waals surface area contributed by atoms with Crippen molar-refractivity contribution in [3.05, 3.63) is 12.7 Å². The number of allylic oxidation sites excluding steroid dienone is 1. The zero-order valence-electron chi connectivity index (χ0n) is 16.6. The van der Waals surface area contributed by atoms with Gasteiger partial charge in [0.25, 0.3) is 0 Å². The van der Waals surface area contributed by atoms with Crippen molar-refractivity contribution in [2.45, 2.75) is 84.7 Å². The van der Waals surface area contributed by atoms with E-state index in [-0.39, 0.29) is 22.2 Å². The van der Waals surface area contributed by atoms with E-state index in [2.05, 4.69) is 33.4 Å². The smallest absolute Gasteiger partial charge is 0.302 e. The standard InChI is InChI=1S/C22H36O3/c1-6-19(3)12-8-18-21(5)11-7-10-20(4,15-25-16(2)23)17(21)9-13-22(18,24)14-19/h6,17-18,24H,1,7-15H2,2-5H3/t17?,18-,19+,20+,21+,22+/m1/s1. The summed E-state index contributed by atoms with van der Waals surface area (Å²) in [5, 5.41) is 11.6. The molecule has 0 aromatic rings. The number of fused-ring (bicyclic) bond motifs is 3. The number of carbonyl (C=O) groups excluding carboxylic acids is 1. The third-order valence-corrected chi connectivity index (χ3v) is 8.22. The molecule has 142 valence electrons. The van der Waals surface area contributed by atoms with Crippen molar-refractivity contribution < 1.29 is 14.6 Å². The van der Waals surface area contributed by atoms with Crippen LogP contribution >= 0.6 is 0 Å². The van der Waals surface area contributed by atoms with Crippen LogP contribution in [0.3, 0.4) is 0 Å². The molecule has 0 aromatic heterocycles. The van der Waals surface area contributed by atoms with Gasteiger partial charge in [0.15, 0.2) is 0 Å². The summed E-state index contributed by atoms with van der Waals surface area (Å²) < 4.78 is 5.48. The third-order valence-electron chi connectivity index (χ3n) is 8.22. The number of hydrogen-bond acceptors (Lipinski definition) is 3. The van der Waals surface area contributed by atoms with Crippen molar-refractivity contribution in [1.29, 1.82) is 0 Å². The first-order valence-electron chi connectivity index (χ1n) is 10.1. The molecule has 25 heavy (non-hydrogen) atoms. The molecule has 0 spiro atoms. The maximum Gasteiger partial charge on any atom is 0.302 e. The van der Waals surface area contributed by atoms with Gasteiger partial charge in [0, 0.05) is 12.3 Å². The quantitative estimate of drug-likeness (QED) is 0.584. The van der Waals surface area contributed by atoms with Crippen LogP contribution < -0.4 is 0 Å². The summed E-state index contributed by atoms with van der Waals surface area (Å²) in [4.78, 5) is 11.4. The molecule has 0 radical (unpaired) electrons. The van der Waals surface area contributed by atoms with Gasteiger partial charge in [-0.2, -0.15) is 0 Å². The first kappa shape index (κ1) is 18.9. The first-order valence-corrected chi connectivity index (χ1v) is 10.1. The van der Waals surface area contributed by atoms with Crippen LogP contribution in [0.4, 0.5) is 0 Å². The molecule has 0 aromatic carbocycles. The van der Waals surface area contributed by atoms with E-state index in [1.807, 2.05) is 0 Å². The average Bonchev–Trinajstić information content (AvgIpc) is 2.52. The summed E-state index contributed by atoms with van der Waals surface area (Å²) in [7, 11) is 0. The molecule has 1 N–H and O–H groups in total. The van der Waals surface area contributed by atoms with Gasteiger partial charge in [-0.05, 0) is 67.6 Å². The van der Waals surface area contributed by atoms with Gasteiger partial charge in [0.1, 0.15) is 0 Å². The highest BCUT2D eigenvalue weighted by Gasteiger charge is 2.62. The lowest BCUT2D eigenvalue weighted by molar-refractivity contribution is -0.212. The van der Waals surface area contributed by atoms with Crippen LogP contribution in [0, 0.1) is 28.1 Å². The molecule has 3 saturated carbocycles. The van der Waals surface area contributed by atoms with E-state index in [4.69, 9.17) is 4.74 Å². The third kappa shape index (κ3) is 3.07. The summed E-state index contributed by atoms with van der Waals surface area (Å²) >= 11 is 0. The van der Waals surface area contributed by atoms with E-state index in [1.165, 1.54) is 13.3 Å². The van der Waals surface area contributed by atoms with Crippen LogP contribution in [-0.2, 0) is 9.53 Å². The van der Waals surface area contributed by atoms with Crippen molar-refractivity contribution in [3.63, 3.8) is 0 Å². The lowest BCUT2D eigenvalue weighted by atomic mass is 9.42. The summed E-state index contributed by atoms with van der Waals surface area (Å²) in [5.41, 5.74) is -0.321. The highest BCUT2D eigenvalue weighted by molar-refractivity contribution is 5.65. The van der Waals surface area contributed by atoms with E-state index in [9.17, 15) is 9.90 Å². The fourth-order valence-electron chi connectivity index (χ4n) is 6.98. The van der Waals surface area contributed by atoms with E-state index >= 15 is 0 Å². The monoisotopic (exact) mass is 348 g/mol. The minimum absolute atomic E-state index is 0.0409. The van der Waals surface area contributed by atoms with Crippen molar-refractivity contribution >= 4 is 5.97 Å². The molecule has 3 heteroatoms. The van der Waals surface area contributed by atoms with Crippen molar-refractivity contribution in [2.75, 3.05) is 6.61 Å². The fraction of sp³-hybridized carbons (Fsp3) is 0.864. The second kappa shape index (κ2) is 6.11. The van der Waals surface area contributed by atoms with E-state index in [0.29, 0.717) is 18.4 Å². The Kier molecular flexibility index (Phi) is 4.63. The SMILES string of the molecule is C=C[C@@]1(C)CC[C@H]2[C@](O)(CCC3[C@](C)(COC(C)=O)CCC[C@@]32C)C1. The van der Waals surface area contributed by atoms with Crippen molar-refractivity contribution in [3.8, 4) is 0 Å². The van der Waals surface area contributed by atoms with Gasteiger partial charge >= 0.3 is 5.97 Å². The molecular weight excluding hydrogens is 312 g/mol. The van der Waals surface area contributed by atoms with E-state index in [0.717, 1.165) is 44.9 Å². The Morgan fingerprint density at radius 3 is 2.48 bits per heavy atom. The Morgan fingerprint density at radius 1 is 1.16 bits per heavy atom. The lowest BCUT2D eigenvalue weighted by Gasteiger charge is -2.64. The summed E-state index contributed by atoms with van der Waals surface area (Å²) in [6, 6.07) is 0. The molecule has 3 aliphatic carbocycles. The molecule has 0 heterocycles. The Morgan fingerprint density at radius 2 is 1.84 bits per heavy atom. The van der Waals surface area contributed by atoms with Crippen LogP contribution in [0.5, 0.6) is 0 Å². The molecule has 0 amide bonds. The number of hydrogen-bond donors (Lipinski definition) is 1. The zero-order chi connectivity index (χ0) is 18.5. The van der Waals surface area contributed by atoms with Gasteiger partial charge in [-0.25, -0.2) is 0 Å². The molecule has 1 unspecified atom stereocenters. The minimum Gasteiger partial charge on any atom is -0.465 e. The number of carbonyl (C=O) groups is 1. The highest BCUT2D eigenvalue weighted by Crippen LogP contribution is 2.66. The Hall–Kier alpha value is -0.830. The Labute approximate surface area is 153 Å². The second-order valence-electron chi connectivity index (χ2n) is 10.1. The van der Waals surface area contributed by atoms with Crippen LogP contribution in [0.25, 0.3) is 0 Å². The van der Waals surface area contributed by atoms with Gasteiger partial charge < -0.3 is 9.84 Å². The van der Waals surface area contributed by atoms with Crippen molar-refractivity contribution in [1.82, 2.24) is 0 Å². The molecule has 6 atom stereocenters. The molecule has 0 bridgehead atoms. The molecule has 3 fully saturated rings. The van der Waals surface area contributed by atoms with Crippen LogP contribution in [-0.4, -0.2) is 23.3 Å². The summed E-state index contributed by atoms with van der Waals surface area (Å²) in [5.74, 6) is 0.690. The van der Waals surface area contributed by atoms with E-state index in [1.54, 1.807) is 0 Å². The largest absolute Gasteiger partial charge is 0.465 e. The second-order valence-corrected chi connectivity index (χ2v) is 10.1. The molecule has 0 saturated heterocycles. The number of esters is 1. The molecule has 3 rings (SSSR count). The van der Waals surface area contributed by atoms with Crippen LogP contribution in [0.1, 0.15) is 79.1 Å². The topological polar surface area (TPSA) is 46.5 Å². The van der Waals surface area contributed by atoms with Crippen LogP contribution in [0.2, 0.25) is 0 Å². The van der Waals surface area contributed by atoms with Gasteiger partial charge in [-0.1, -0.05) is 33.3 Å².